The van der Waals surface area contributed by atoms with Gasteiger partial charge in [0.1, 0.15) is 5.82 Å². The normalized spacial score (nSPS) is 15.1. The molecule has 3 nitrogen and oxygen atoms in total. The average Bonchev–Trinajstić information content (AvgIpc) is 2.64. The minimum absolute atomic E-state index is 0.423. The molecule has 0 saturated heterocycles. The second-order valence-electron chi connectivity index (χ2n) is 3.43. The molecule has 14 heavy (non-hydrogen) atoms. The van der Waals surface area contributed by atoms with Crippen molar-refractivity contribution in [3.8, 4) is 0 Å². The summed E-state index contributed by atoms with van der Waals surface area (Å²) in [4.78, 5) is 4.37. The molecule has 0 saturated carbocycles. The van der Waals surface area contributed by atoms with Gasteiger partial charge in [0.2, 0.25) is 5.13 Å². The highest BCUT2D eigenvalue weighted by atomic mass is 79.9. The number of alkyl halides is 1. The second-order valence-corrected chi connectivity index (χ2v) is 4.83. The summed E-state index contributed by atoms with van der Waals surface area (Å²) in [5.74, 6) is 1.51. The minimum atomic E-state index is 0.423. The van der Waals surface area contributed by atoms with Gasteiger partial charge in [-0.1, -0.05) is 29.8 Å². The third-order valence-corrected chi connectivity index (χ3v) is 3.94. The molecule has 1 aromatic rings. The van der Waals surface area contributed by atoms with Crippen molar-refractivity contribution >= 4 is 32.6 Å². The Morgan fingerprint density at radius 1 is 1.50 bits per heavy atom. The number of hydrogen-bond donors (Lipinski definition) is 1. The topological polar surface area (TPSA) is 37.8 Å². The first-order chi connectivity index (χ1) is 6.67. The second kappa shape index (κ2) is 5.66. The van der Waals surface area contributed by atoms with E-state index in [1.54, 1.807) is 0 Å². The summed E-state index contributed by atoms with van der Waals surface area (Å²) in [6.45, 7) is 6.43. The number of nitrogens with one attached hydrogen (secondary N) is 1. The molecule has 1 rings (SSSR count). The zero-order chi connectivity index (χ0) is 10.6. The van der Waals surface area contributed by atoms with E-state index in [-0.39, 0.29) is 0 Å². The highest BCUT2D eigenvalue weighted by Gasteiger charge is 2.12. The summed E-state index contributed by atoms with van der Waals surface area (Å²) in [5.41, 5.74) is 0. The van der Waals surface area contributed by atoms with E-state index in [1.807, 2.05) is 0 Å². The van der Waals surface area contributed by atoms with Crippen LogP contribution < -0.4 is 5.32 Å². The Morgan fingerprint density at radius 2 is 2.21 bits per heavy atom. The standard InChI is InChI=1S/C9H16BrN3S/c1-4-8-12-9(14-13-8)11-7(3)6(2)5-10/h6-7H,4-5H2,1-3H3,(H,11,12,13). The van der Waals surface area contributed by atoms with Crippen molar-refractivity contribution in [3.05, 3.63) is 5.82 Å². The van der Waals surface area contributed by atoms with Gasteiger partial charge in [-0.2, -0.15) is 4.37 Å². The van der Waals surface area contributed by atoms with Gasteiger partial charge >= 0.3 is 0 Å². The quantitative estimate of drug-likeness (QED) is 0.841. The number of nitrogens with zero attached hydrogens (tertiary/aromatic N) is 2. The summed E-state index contributed by atoms with van der Waals surface area (Å²) in [7, 11) is 0. The Morgan fingerprint density at radius 3 is 2.71 bits per heavy atom. The molecule has 2 atom stereocenters. The molecule has 0 aromatic carbocycles. The number of halogens is 1. The molecule has 0 aliphatic rings. The highest BCUT2D eigenvalue weighted by molar-refractivity contribution is 9.09. The predicted molar refractivity (Wildman–Crippen MR) is 65.3 cm³/mol. The van der Waals surface area contributed by atoms with Crippen molar-refractivity contribution in [2.75, 3.05) is 10.6 Å². The molecule has 0 amide bonds. The molecular weight excluding hydrogens is 262 g/mol. The number of aryl methyl sites for hydroxylation is 1. The monoisotopic (exact) mass is 277 g/mol. The van der Waals surface area contributed by atoms with Crippen LogP contribution in [0.4, 0.5) is 5.13 Å². The maximum Gasteiger partial charge on any atom is 0.202 e. The number of anilines is 1. The first-order valence-electron chi connectivity index (χ1n) is 4.82. The van der Waals surface area contributed by atoms with Crippen LogP contribution in [0.5, 0.6) is 0 Å². The lowest BCUT2D eigenvalue weighted by Gasteiger charge is -2.17. The van der Waals surface area contributed by atoms with Gasteiger partial charge in [0.15, 0.2) is 0 Å². The van der Waals surface area contributed by atoms with Gasteiger partial charge in [0.05, 0.1) is 0 Å². The van der Waals surface area contributed by atoms with Gasteiger partial charge in [-0.05, 0) is 12.8 Å². The molecule has 80 valence electrons. The van der Waals surface area contributed by atoms with Crippen LogP contribution in [0.2, 0.25) is 0 Å². The van der Waals surface area contributed by atoms with Gasteiger partial charge in [0.25, 0.3) is 0 Å². The van der Waals surface area contributed by atoms with Crippen LogP contribution in [0, 0.1) is 5.92 Å². The lowest BCUT2D eigenvalue weighted by molar-refractivity contribution is 0.572. The van der Waals surface area contributed by atoms with Gasteiger partial charge < -0.3 is 5.32 Å². The number of hydrogen-bond acceptors (Lipinski definition) is 4. The zero-order valence-electron chi connectivity index (χ0n) is 8.75. The van der Waals surface area contributed by atoms with Gasteiger partial charge in [-0.15, -0.1) is 0 Å². The number of aromatic nitrogens is 2. The molecule has 0 radical (unpaired) electrons. The molecule has 1 N–H and O–H groups in total. The Hall–Kier alpha value is -0.160. The van der Waals surface area contributed by atoms with Crippen LogP contribution in [0.3, 0.4) is 0 Å². The van der Waals surface area contributed by atoms with Gasteiger partial charge in [-0.3, -0.25) is 0 Å². The Balaban J connectivity index is 2.51. The Kier molecular flexibility index (Phi) is 4.81. The van der Waals surface area contributed by atoms with E-state index in [0.717, 1.165) is 22.7 Å². The van der Waals surface area contributed by atoms with E-state index >= 15 is 0 Å². The van der Waals surface area contributed by atoms with Crippen molar-refractivity contribution in [3.63, 3.8) is 0 Å². The summed E-state index contributed by atoms with van der Waals surface area (Å²) in [6.07, 6.45) is 0.903. The van der Waals surface area contributed by atoms with E-state index < -0.39 is 0 Å². The Labute approximate surface area is 97.6 Å². The van der Waals surface area contributed by atoms with Crippen LogP contribution in [-0.2, 0) is 6.42 Å². The maximum absolute atomic E-state index is 4.37. The third kappa shape index (κ3) is 3.20. The van der Waals surface area contributed by atoms with Crippen LogP contribution in [0.1, 0.15) is 26.6 Å². The maximum atomic E-state index is 4.37. The minimum Gasteiger partial charge on any atom is -0.358 e. The van der Waals surface area contributed by atoms with Crippen LogP contribution in [0.15, 0.2) is 0 Å². The predicted octanol–water partition coefficient (Wildman–Crippen LogP) is 2.93. The molecule has 2 unspecified atom stereocenters. The summed E-state index contributed by atoms with van der Waals surface area (Å²) in [5, 5.41) is 5.30. The van der Waals surface area contributed by atoms with Crippen LogP contribution in [-0.4, -0.2) is 20.7 Å². The Bertz CT molecular complexity index is 277. The molecule has 1 aromatic heterocycles. The van der Waals surface area contributed by atoms with Crippen molar-refractivity contribution in [2.24, 2.45) is 5.92 Å². The third-order valence-electron chi connectivity index (χ3n) is 2.23. The van der Waals surface area contributed by atoms with Crippen molar-refractivity contribution in [2.45, 2.75) is 33.2 Å². The smallest absolute Gasteiger partial charge is 0.202 e. The summed E-state index contributed by atoms with van der Waals surface area (Å²) >= 11 is 4.92. The molecule has 5 heteroatoms. The van der Waals surface area contributed by atoms with E-state index in [0.29, 0.717) is 12.0 Å². The summed E-state index contributed by atoms with van der Waals surface area (Å²) in [6, 6.07) is 0.423. The average molecular weight is 278 g/mol. The number of rotatable bonds is 5. The molecule has 1 heterocycles. The molecule has 0 aliphatic carbocycles. The molecular formula is C9H16BrN3S. The van der Waals surface area contributed by atoms with Crippen LogP contribution in [0.25, 0.3) is 0 Å². The molecule has 0 bridgehead atoms. The fourth-order valence-corrected chi connectivity index (χ4v) is 2.23. The lowest BCUT2D eigenvalue weighted by Crippen LogP contribution is -2.24. The van der Waals surface area contributed by atoms with Crippen molar-refractivity contribution in [1.82, 2.24) is 9.36 Å². The van der Waals surface area contributed by atoms with E-state index in [1.165, 1.54) is 11.5 Å². The van der Waals surface area contributed by atoms with Gasteiger partial charge in [0, 0.05) is 29.3 Å². The zero-order valence-corrected chi connectivity index (χ0v) is 11.2. The molecule has 0 aliphatic heterocycles. The SMILES string of the molecule is CCc1nsc(NC(C)C(C)CBr)n1. The van der Waals surface area contributed by atoms with Crippen molar-refractivity contribution < 1.29 is 0 Å². The highest BCUT2D eigenvalue weighted by Crippen LogP contribution is 2.16. The first kappa shape index (κ1) is 11.9. The van der Waals surface area contributed by atoms with E-state index in [4.69, 9.17) is 0 Å². The molecule has 0 fully saturated rings. The van der Waals surface area contributed by atoms with Crippen molar-refractivity contribution in [1.29, 1.82) is 0 Å². The molecule has 0 spiro atoms. The van der Waals surface area contributed by atoms with E-state index in [9.17, 15) is 0 Å². The van der Waals surface area contributed by atoms with Crippen LogP contribution >= 0.6 is 27.5 Å². The fourth-order valence-electron chi connectivity index (χ4n) is 0.927. The summed E-state index contributed by atoms with van der Waals surface area (Å²) < 4.78 is 4.23. The largest absolute Gasteiger partial charge is 0.358 e. The van der Waals surface area contributed by atoms with E-state index in [2.05, 4.69) is 51.4 Å². The first-order valence-corrected chi connectivity index (χ1v) is 6.72. The van der Waals surface area contributed by atoms with Gasteiger partial charge in [-0.25, -0.2) is 4.98 Å². The fraction of sp³-hybridized carbons (Fsp3) is 0.778. The lowest BCUT2D eigenvalue weighted by atomic mass is 10.1.